The van der Waals surface area contributed by atoms with E-state index in [2.05, 4.69) is 15.6 Å². The number of nitrogens with zero attached hydrogens (tertiary/aromatic N) is 3. The first-order valence-corrected chi connectivity index (χ1v) is 9.45. The van der Waals surface area contributed by atoms with Crippen LogP contribution in [-0.2, 0) is 24.3 Å². The van der Waals surface area contributed by atoms with Crippen LogP contribution in [0.4, 0.5) is 0 Å². The van der Waals surface area contributed by atoms with E-state index in [0.29, 0.717) is 30.3 Å². The van der Waals surface area contributed by atoms with Crippen LogP contribution in [-0.4, -0.2) is 44.7 Å². The maximum Gasteiger partial charge on any atom is 0.526 e. The predicted octanol–water partition coefficient (Wildman–Crippen LogP) is 1.42. The van der Waals surface area contributed by atoms with Gasteiger partial charge in [-0.15, -0.1) is 5.10 Å². The highest BCUT2D eigenvalue weighted by Gasteiger charge is 2.37. The van der Waals surface area contributed by atoms with Crippen LogP contribution in [0.3, 0.4) is 0 Å². The number of ketones is 2. The Morgan fingerprint density at radius 3 is 2.93 bits per heavy atom. The third-order valence-corrected chi connectivity index (χ3v) is 4.71. The van der Waals surface area contributed by atoms with Crippen molar-refractivity contribution in [3.05, 3.63) is 41.2 Å². The summed E-state index contributed by atoms with van der Waals surface area (Å²) in [5.41, 5.74) is 2.05. The van der Waals surface area contributed by atoms with Gasteiger partial charge in [0.2, 0.25) is 0 Å². The van der Waals surface area contributed by atoms with E-state index in [0.717, 1.165) is 11.3 Å². The fraction of sp³-hybridized carbons (Fsp3) is 0.474. The van der Waals surface area contributed by atoms with Crippen LogP contribution in [0.5, 0.6) is 5.75 Å². The molecule has 148 valence electrons. The standard InChI is InChI=1S/C19H25BN4O4/c1-12(2)21-9-16-10-24(23-22-16)11-17(26)8-15-7-14-5-4-6-18(13(3)25)19(14)28-20(15)27/h4-6,10,12,15,21,27H,7-9,11H2,1-3H3/t15-/m1/s1. The van der Waals surface area contributed by atoms with Crippen LogP contribution >= 0.6 is 0 Å². The molecule has 2 N–H and O–H groups in total. The van der Waals surface area contributed by atoms with E-state index < -0.39 is 7.12 Å². The maximum absolute atomic E-state index is 12.5. The van der Waals surface area contributed by atoms with Gasteiger partial charge in [0.25, 0.3) is 0 Å². The summed E-state index contributed by atoms with van der Waals surface area (Å²) < 4.78 is 7.10. The van der Waals surface area contributed by atoms with Gasteiger partial charge in [-0.2, -0.15) is 0 Å². The average molecular weight is 384 g/mol. The van der Waals surface area contributed by atoms with Crippen molar-refractivity contribution in [3.8, 4) is 5.75 Å². The Morgan fingerprint density at radius 2 is 2.21 bits per heavy atom. The average Bonchev–Trinajstić information content (AvgIpc) is 3.07. The van der Waals surface area contributed by atoms with E-state index >= 15 is 0 Å². The smallest absolute Gasteiger partial charge is 0.526 e. The Balaban J connectivity index is 1.60. The highest BCUT2D eigenvalue weighted by Crippen LogP contribution is 2.36. The zero-order valence-corrected chi connectivity index (χ0v) is 16.4. The van der Waals surface area contributed by atoms with Crippen LogP contribution in [0, 0.1) is 0 Å². The zero-order valence-electron chi connectivity index (χ0n) is 16.4. The van der Waals surface area contributed by atoms with Crippen LogP contribution in [0.1, 0.15) is 48.8 Å². The number of para-hydroxylation sites is 1. The number of carbonyl (C=O) groups excluding carboxylic acids is 2. The summed E-state index contributed by atoms with van der Waals surface area (Å²) in [7, 11) is -1.13. The molecule has 0 spiro atoms. The van der Waals surface area contributed by atoms with Gasteiger partial charge in [-0.25, -0.2) is 4.68 Å². The summed E-state index contributed by atoms with van der Waals surface area (Å²) >= 11 is 0. The van der Waals surface area contributed by atoms with Gasteiger partial charge in [0.1, 0.15) is 12.3 Å². The van der Waals surface area contributed by atoms with Crippen molar-refractivity contribution in [3.63, 3.8) is 0 Å². The molecule has 1 aromatic carbocycles. The molecule has 1 aliphatic heterocycles. The van der Waals surface area contributed by atoms with Gasteiger partial charge >= 0.3 is 7.12 Å². The van der Waals surface area contributed by atoms with Crippen molar-refractivity contribution >= 4 is 18.7 Å². The molecule has 1 aromatic heterocycles. The van der Waals surface area contributed by atoms with Crippen LogP contribution < -0.4 is 9.97 Å². The number of aromatic nitrogens is 3. The minimum Gasteiger partial charge on any atom is -0.535 e. The Kier molecular flexibility index (Phi) is 6.26. The normalized spacial score (nSPS) is 16.0. The molecule has 0 radical (unpaired) electrons. The third-order valence-electron chi connectivity index (χ3n) is 4.71. The fourth-order valence-electron chi connectivity index (χ4n) is 3.28. The number of Topliss-reactive ketones (excluding diaryl/α,β-unsaturated/α-hetero) is 2. The molecule has 2 aromatic rings. The Bertz CT molecular complexity index is 867. The SMILES string of the molecule is CC(=O)c1cccc2c1OB(O)[C@@H](CC(=O)Cn1cc(CNC(C)C)nn1)C2. The monoisotopic (exact) mass is 384 g/mol. The molecule has 0 fully saturated rings. The van der Waals surface area contributed by atoms with Crippen molar-refractivity contribution in [2.45, 2.75) is 58.6 Å². The lowest BCUT2D eigenvalue weighted by Gasteiger charge is -2.28. The van der Waals surface area contributed by atoms with Gasteiger partial charge in [0.15, 0.2) is 11.6 Å². The van der Waals surface area contributed by atoms with Crippen molar-refractivity contribution in [2.24, 2.45) is 0 Å². The highest BCUT2D eigenvalue weighted by atomic mass is 16.5. The lowest BCUT2D eigenvalue weighted by Crippen LogP contribution is -2.36. The summed E-state index contributed by atoms with van der Waals surface area (Å²) in [4.78, 5) is 24.2. The Morgan fingerprint density at radius 1 is 1.43 bits per heavy atom. The quantitative estimate of drug-likeness (QED) is 0.524. The number of fused-ring (bicyclic) bond motifs is 1. The highest BCUT2D eigenvalue weighted by molar-refractivity contribution is 6.47. The number of benzene rings is 1. The van der Waals surface area contributed by atoms with Gasteiger partial charge in [-0.3, -0.25) is 9.59 Å². The molecule has 2 heterocycles. The van der Waals surface area contributed by atoms with Crippen LogP contribution in [0.2, 0.25) is 5.82 Å². The number of hydrogen-bond acceptors (Lipinski definition) is 7. The van der Waals surface area contributed by atoms with E-state index in [1.54, 1.807) is 18.3 Å². The molecule has 8 nitrogen and oxygen atoms in total. The van der Waals surface area contributed by atoms with E-state index in [9.17, 15) is 14.6 Å². The molecule has 28 heavy (non-hydrogen) atoms. The second-order valence-electron chi connectivity index (χ2n) is 7.51. The topological polar surface area (TPSA) is 106 Å². The molecule has 1 atom stereocenters. The number of nitrogens with one attached hydrogen (secondary N) is 1. The minimum absolute atomic E-state index is 0.0629. The minimum atomic E-state index is -1.13. The third kappa shape index (κ3) is 4.85. The van der Waals surface area contributed by atoms with E-state index in [-0.39, 0.29) is 30.3 Å². The zero-order chi connectivity index (χ0) is 20.3. The van der Waals surface area contributed by atoms with Crippen LogP contribution in [0.25, 0.3) is 0 Å². The van der Waals surface area contributed by atoms with Crippen molar-refractivity contribution in [2.75, 3.05) is 0 Å². The lowest BCUT2D eigenvalue weighted by molar-refractivity contribution is -0.120. The van der Waals surface area contributed by atoms with Crippen molar-refractivity contribution < 1.29 is 19.3 Å². The molecular formula is C19H25BN4O4. The predicted molar refractivity (Wildman–Crippen MR) is 104 cm³/mol. The van der Waals surface area contributed by atoms with Gasteiger partial charge in [-0.05, 0) is 25.0 Å². The number of carbonyl (C=O) groups is 2. The van der Waals surface area contributed by atoms with Gasteiger partial charge in [-0.1, -0.05) is 31.2 Å². The number of hydrogen-bond donors (Lipinski definition) is 2. The Hall–Kier alpha value is -2.52. The van der Waals surface area contributed by atoms with Crippen LogP contribution in [0.15, 0.2) is 24.4 Å². The fourth-order valence-corrected chi connectivity index (χ4v) is 3.28. The molecule has 0 aliphatic carbocycles. The summed E-state index contributed by atoms with van der Waals surface area (Å²) in [6, 6.07) is 5.66. The molecular weight excluding hydrogens is 359 g/mol. The van der Waals surface area contributed by atoms with Crippen molar-refractivity contribution in [1.82, 2.24) is 20.3 Å². The number of rotatable bonds is 8. The lowest BCUT2D eigenvalue weighted by atomic mass is 9.64. The second-order valence-corrected chi connectivity index (χ2v) is 7.51. The van der Waals surface area contributed by atoms with Gasteiger partial charge < -0.3 is 15.0 Å². The molecule has 0 saturated carbocycles. The molecule has 3 rings (SSSR count). The van der Waals surface area contributed by atoms with Gasteiger partial charge in [0.05, 0.1) is 17.5 Å². The summed E-state index contributed by atoms with van der Waals surface area (Å²) in [6.07, 6.45) is 2.38. The summed E-state index contributed by atoms with van der Waals surface area (Å²) in [5, 5.41) is 21.6. The molecule has 1 aliphatic rings. The molecule has 0 saturated heterocycles. The Labute approximate surface area is 164 Å². The maximum atomic E-state index is 12.5. The first-order valence-electron chi connectivity index (χ1n) is 9.45. The van der Waals surface area contributed by atoms with E-state index in [1.807, 2.05) is 19.9 Å². The molecule has 9 heteroatoms. The molecule has 0 unspecified atom stereocenters. The second kappa shape index (κ2) is 8.66. The summed E-state index contributed by atoms with van der Waals surface area (Å²) in [5.74, 6) is -0.128. The molecule has 0 bridgehead atoms. The largest absolute Gasteiger partial charge is 0.535 e. The first kappa shape index (κ1) is 20.2. The first-order chi connectivity index (χ1) is 13.3. The van der Waals surface area contributed by atoms with E-state index in [4.69, 9.17) is 4.65 Å². The van der Waals surface area contributed by atoms with Crippen molar-refractivity contribution in [1.29, 1.82) is 0 Å². The van der Waals surface area contributed by atoms with E-state index in [1.165, 1.54) is 11.6 Å². The summed E-state index contributed by atoms with van der Waals surface area (Å²) in [6.45, 7) is 6.24. The molecule has 0 amide bonds. The van der Waals surface area contributed by atoms with Gasteiger partial charge in [0, 0.05) is 24.8 Å².